The van der Waals surface area contributed by atoms with Crippen LogP contribution < -0.4 is 11.4 Å². The summed E-state index contributed by atoms with van der Waals surface area (Å²) in [6.07, 6.45) is 3.58. The topological polar surface area (TPSA) is 52.9 Å². The van der Waals surface area contributed by atoms with Crippen LogP contribution in [-0.4, -0.2) is 9.13 Å². The number of aromatic nitrogens is 2. The van der Waals surface area contributed by atoms with Crippen LogP contribution in [0.5, 0.6) is 0 Å². The predicted molar refractivity (Wildman–Crippen MR) is 67.7 cm³/mol. The van der Waals surface area contributed by atoms with Crippen molar-refractivity contribution in [3.8, 4) is 0 Å². The van der Waals surface area contributed by atoms with E-state index in [0.717, 1.165) is 5.56 Å². The van der Waals surface area contributed by atoms with Crippen molar-refractivity contribution in [2.75, 3.05) is 0 Å². The number of nitrogens with two attached hydrogens (primary N) is 1. The lowest BCUT2D eigenvalue weighted by Gasteiger charge is -2.11. The summed E-state index contributed by atoms with van der Waals surface area (Å²) in [5, 5.41) is 0. The average Bonchev–Trinajstić information content (AvgIpc) is 2.71. The van der Waals surface area contributed by atoms with Crippen LogP contribution >= 0.6 is 0 Å². The van der Waals surface area contributed by atoms with Crippen LogP contribution in [-0.2, 0) is 13.1 Å². The summed E-state index contributed by atoms with van der Waals surface area (Å²) in [6, 6.07) is 9.67. The van der Waals surface area contributed by atoms with Gasteiger partial charge in [0, 0.05) is 31.5 Å². The van der Waals surface area contributed by atoms with Crippen LogP contribution in [0.3, 0.4) is 0 Å². The Labute approximate surface area is 100 Å². The van der Waals surface area contributed by atoms with Crippen LogP contribution in [0.25, 0.3) is 0 Å². The smallest absolute Gasteiger partial charge is 0.322 e. The maximum atomic E-state index is 11.8. The third kappa shape index (κ3) is 2.47. The lowest BCUT2D eigenvalue weighted by atomic mass is 10.1. The Balaban J connectivity index is 2.16. The second-order valence-electron chi connectivity index (χ2n) is 4.04. The molecule has 4 nitrogen and oxygen atoms in total. The fourth-order valence-corrected chi connectivity index (χ4v) is 1.85. The van der Waals surface area contributed by atoms with Gasteiger partial charge in [0.25, 0.3) is 0 Å². The molecule has 0 fully saturated rings. The number of rotatable bonds is 4. The van der Waals surface area contributed by atoms with Crippen molar-refractivity contribution in [2.45, 2.75) is 26.1 Å². The van der Waals surface area contributed by atoms with Gasteiger partial charge in [-0.3, -0.25) is 9.13 Å². The van der Waals surface area contributed by atoms with E-state index >= 15 is 0 Å². The molecule has 4 heteroatoms. The highest BCUT2D eigenvalue weighted by molar-refractivity contribution is 5.18. The molecule has 0 aliphatic rings. The summed E-state index contributed by atoms with van der Waals surface area (Å²) in [5.41, 5.74) is 7.12. The van der Waals surface area contributed by atoms with E-state index in [4.69, 9.17) is 5.73 Å². The average molecular weight is 231 g/mol. The second-order valence-corrected chi connectivity index (χ2v) is 4.04. The zero-order chi connectivity index (χ0) is 12.3. The van der Waals surface area contributed by atoms with Gasteiger partial charge in [-0.15, -0.1) is 0 Å². The molecule has 17 heavy (non-hydrogen) atoms. The summed E-state index contributed by atoms with van der Waals surface area (Å²) in [5.74, 6) is 0. The molecule has 2 aromatic rings. The Morgan fingerprint density at radius 1 is 1.18 bits per heavy atom. The number of nitrogens with zero attached hydrogens (tertiary/aromatic N) is 2. The van der Waals surface area contributed by atoms with Crippen LogP contribution in [0, 0.1) is 0 Å². The number of benzene rings is 1. The Morgan fingerprint density at radius 3 is 2.41 bits per heavy atom. The predicted octanol–water partition coefficient (Wildman–Crippen LogP) is 1.37. The van der Waals surface area contributed by atoms with Crippen molar-refractivity contribution in [2.24, 2.45) is 5.73 Å². The summed E-state index contributed by atoms with van der Waals surface area (Å²) >= 11 is 0. The molecule has 1 aromatic heterocycles. The Hall–Kier alpha value is -1.81. The van der Waals surface area contributed by atoms with Gasteiger partial charge in [0.05, 0.1) is 0 Å². The maximum absolute atomic E-state index is 11.8. The molecule has 0 amide bonds. The number of imidazole rings is 1. The molecule has 1 aromatic carbocycles. The van der Waals surface area contributed by atoms with Gasteiger partial charge in [0.1, 0.15) is 0 Å². The van der Waals surface area contributed by atoms with Gasteiger partial charge in [0.15, 0.2) is 0 Å². The van der Waals surface area contributed by atoms with E-state index in [0.29, 0.717) is 13.1 Å². The van der Waals surface area contributed by atoms with Crippen LogP contribution in [0.15, 0.2) is 47.5 Å². The van der Waals surface area contributed by atoms with Gasteiger partial charge in [0.2, 0.25) is 0 Å². The largest absolute Gasteiger partial charge is 0.328 e. The lowest BCUT2D eigenvalue weighted by Crippen LogP contribution is -2.28. The first-order valence-corrected chi connectivity index (χ1v) is 5.78. The van der Waals surface area contributed by atoms with Crippen LogP contribution in [0.1, 0.15) is 18.5 Å². The Bertz CT molecular complexity index is 527. The standard InChI is InChI=1S/C13H17N3O/c1-2-15-8-9-16(13(15)17)10-12(14)11-6-4-3-5-7-11/h3-9,12H,2,10,14H2,1H3. The molecular weight excluding hydrogens is 214 g/mol. The van der Waals surface area contributed by atoms with Crippen molar-refractivity contribution in [3.63, 3.8) is 0 Å². The minimum Gasteiger partial charge on any atom is -0.322 e. The number of hydrogen-bond donors (Lipinski definition) is 1. The molecule has 0 radical (unpaired) electrons. The molecule has 0 aliphatic heterocycles. The number of aryl methyl sites for hydroxylation is 1. The zero-order valence-electron chi connectivity index (χ0n) is 9.91. The van der Waals surface area contributed by atoms with Gasteiger partial charge < -0.3 is 5.73 Å². The molecule has 90 valence electrons. The van der Waals surface area contributed by atoms with Gasteiger partial charge in [-0.05, 0) is 12.5 Å². The van der Waals surface area contributed by atoms with Gasteiger partial charge in [-0.1, -0.05) is 30.3 Å². The first kappa shape index (κ1) is 11.7. The Morgan fingerprint density at radius 2 is 1.82 bits per heavy atom. The third-order valence-corrected chi connectivity index (χ3v) is 2.88. The monoisotopic (exact) mass is 231 g/mol. The minimum absolute atomic E-state index is 0.00104. The molecule has 1 unspecified atom stereocenters. The Kier molecular flexibility index (Phi) is 3.44. The third-order valence-electron chi connectivity index (χ3n) is 2.88. The molecule has 0 spiro atoms. The van der Waals surface area contributed by atoms with E-state index in [-0.39, 0.29) is 11.7 Å². The van der Waals surface area contributed by atoms with E-state index in [1.807, 2.05) is 37.3 Å². The van der Waals surface area contributed by atoms with Crippen molar-refractivity contribution in [1.82, 2.24) is 9.13 Å². The highest BCUT2D eigenvalue weighted by Crippen LogP contribution is 2.10. The first-order chi connectivity index (χ1) is 8.22. The fraction of sp³-hybridized carbons (Fsp3) is 0.308. The van der Waals surface area contributed by atoms with E-state index in [9.17, 15) is 4.79 Å². The van der Waals surface area contributed by atoms with Crippen molar-refractivity contribution < 1.29 is 0 Å². The van der Waals surface area contributed by atoms with Crippen molar-refractivity contribution >= 4 is 0 Å². The quantitative estimate of drug-likeness (QED) is 0.864. The normalized spacial score (nSPS) is 12.6. The van der Waals surface area contributed by atoms with Gasteiger partial charge >= 0.3 is 5.69 Å². The number of hydrogen-bond acceptors (Lipinski definition) is 2. The van der Waals surface area contributed by atoms with E-state index in [1.54, 1.807) is 21.5 Å². The minimum atomic E-state index is -0.151. The van der Waals surface area contributed by atoms with Gasteiger partial charge in [-0.25, -0.2) is 4.79 Å². The fourth-order valence-electron chi connectivity index (χ4n) is 1.85. The molecule has 1 atom stereocenters. The second kappa shape index (κ2) is 5.01. The molecule has 2 N–H and O–H groups in total. The summed E-state index contributed by atoms with van der Waals surface area (Å²) in [7, 11) is 0. The highest BCUT2D eigenvalue weighted by atomic mass is 16.1. The molecule has 1 heterocycles. The summed E-state index contributed by atoms with van der Waals surface area (Å²) in [6.45, 7) is 3.14. The van der Waals surface area contributed by atoms with E-state index < -0.39 is 0 Å². The lowest BCUT2D eigenvalue weighted by molar-refractivity contribution is 0.548. The maximum Gasteiger partial charge on any atom is 0.328 e. The summed E-state index contributed by atoms with van der Waals surface area (Å²) in [4.78, 5) is 11.8. The SMILES string of the molecule is CCn1ccn(CC(N)c2ccccc2)c1=O. The molecule has 0 saturated heterocycles. The molecule has 0 aliphatic carbocycles. The van der Waals surface area contributed by atoms with Gasteiger partial charge in [-0.2, -0.15) is 0 Å². The van der Waals surface area contributed by atoms with Crippen molar-refractivity contribution in [1.29, 1.82) is 0 Å². The summed E-state index contributed by atoms with van der Waals surface area (Å²) < 4.78 is 3.32. The van der Waals surface area contributed by atoms with E-state index in [2.05, 4.69) is 0 Å². The molecule has 0 saturated carbocycles. The molecule has 2 rings (SSSR count). The first-order valence-electron chi connectivity index (χ1n) is 5.78. The highest BCUT2D eigenvalue weighted by Gasteiger charge is 2.08. The zero-order valence-corrected chi connectivity index (χ0v) is 9.91. The van der Waals surface area contributed by atoms with Crippen LogP contribution in [0.4, 0.5) is 0 Å². The van der Waals surface area contributed by atoms with Crippen molar-refractivity contribution in [3.05, 3.63) is 58.8 Å². The molecule has 0 bridgehead atoms. The van der Waals surface area contributed by atoms with E-state index in [1.165, 1.54) is 0 Å². The molecular formula is C13H17N3O. The van der Waals surface area contributed by atoms with Crippen LogP contribution in [0.2, 0.25) is 0 Å².